The number of rotatable bonds is 8. The number of aromatic nitrogens is 1. The molecule has 214 valence electrons. The summed E-state index contributed by atoms with van der Waals surface area (Å²) in [5.74, 6) is -0.892. The van der Waals surface area contributed by atoms with Crippen LogP contribution >= 0.6 is 23.1 Å². The van der Waals surface area contributed by atoms with Crippen LogP contribution in [0.3, 0.4) is 0 Å². The number of aromatic amines is 1. The van der Waals surface area contributed by atoms with Gasteiger partial charge in [-0.1, -0.05) is 41.3 Å². The van der Waals surface area contributed by atoms with Gasteiger partial charge in [-0.15, -0.1) is 0 Å². The van der Waals surface area contributed by atoms with Gasteiger partial charge in [-0.3, -0.25) is 19.2 Å². The first-order chi connectivity index (χ1) is 20.4. The highest BCUT2D eigenvalue weighted by Gasteiger charge is 2.56. The van der Waals surface area contributed by atoms with E-state index in [1.54, 1.807) is 87.0 Å². The predicted octanol–water partition coefficient (Wildman–Crippen LogP) is 4.27. The van der Waals surface area contributed by atoms with E-state index >= 15 is 0 Å². The van der Waals surface area contributed by atoms with Gasteiger partial charge in [0.05, 0.1) is 30.9 Å². The molecule has 0 saturated carbocycles. The second-order valence-electron chi connectivity index (χ2n) is 9.56. The number of imide groups is 1. The van der Waals surface area contributed by atoms with Gasteiger partial charge >= 0.3 is 4.87 Å². The molecule has 0 spiro atoms. The Morgan fingerprint density at radius 1 is 0.905 bits per heavy atom. The molecule has 2 aliphatic heterocycles. The molecular weight excluding hydrogens is 578 g/mol. The Bertz CT molecular complexity index is 1720. The van der Waals surface area contributed by atoms with E-state index in [0.717, 1.165) is 11.3 Å². The van der Waals surface area contributed by atoms with Crippen LogP contribution in [0.1, 0.15) is 16.4 Å². The van der Waals surface area contributed by atoms with Crippen LogP contribution in [-0.2, 0) is 14.4 Å². The third kappa shape index (κ3) is 5.03. The molecule has 10 nitrogen and oxygen atoms in total. The molecule has 1 fully saturated rings. The number of nitrogens with one attached hydrogen (secondary N) is 2. The maximum Gasteiger partial charge on any atom is 0.305 e. The van der Waals surface area contributed by atoms with Crippen LogP contribution in [0.15, 0.2) is 82.6 Å². The zero-order valence-corrected chi connectivity index (χ0v) is 24.1. The van der Waals surface area contributed by atoms with Gasteiger partial charge < -0.3 is 24.5 Å². The average Bonchev–Trinajstić information content (AvgIpc) is 3.50. The highest BCUT2D eigenvalue weighted by Crippen LogP contribution is 2.54. The van der Waals surface area contributed by atoms with Crippen LogP contribution in [0, 0.1) is 5.92 Å². The molecule has 3 heterocycles. The van der Waals surface area contributed by atoms with Gasteiger partial charge in [0.1, 0.15) is 22.5 Å². The predicted molar refractivity (Wildman–Crippen MR) is 159 cm³/mol. The van der Waals surface area contributed by atoms with Crippen LogP contribution in [0.5, 0.6) is 17.2 Å². The number of para-hydroxylation sites is 1. The van der Waals surface area contributed by atoms with E-state index in [1.807, 2.05) is 0 Å². The number of carbonyl (C=O) groups is 3. The Morgan fingerprint density at radius 3 is 2.26 bits per heavy atom. The van der Waals surface area contributed by atoms with E-state index in [1.165, 1.54) is 16.7 Å². The monoisotopic (exact) mass is 603 g/mol. The third-order valence-corrected chi connectivity index (χ3v) is 9.54. The van der Waals surface area contributed by atoms with Crippen molar-refractivity contribution in [1.29, 1.82) is 0 Å². The van der Waals surface area contributed by atoms with E-state index in [4.69, 9.17) is 14.2 Å². The van der Waals surface area contributed by atoms with Crippen LogP contribution in [0.2, 0.25) is 0 Å². The van der Waals surface area contributed by atoms with Crippen molar-refractivity contribution in [3.63, 3.8) is 0 Å². The highest BCUT2D eigenvalue weighted by atomic mass is 32.2. The van der Waals surface area contributed by atoms with Gasteiger partial charge in [0.2, 0.25) is 11.8 Å². The molecule has 0 radical (unpaired) electrons. The number of thiazole rings is 1. The number of benzene rings is 3. The maximum atomic E-state index is 14.0. The lowest BCUT2D eigenvalue weighted by Gasteiger charge is -2.30. The summed E-state index contributed by atoms with van der Waals surface area (Å²) >= 11 is 2.21. The molecule has 1 saturated heterocycles. The molecule has 3 amide bonds. The van der Waals surface area contributed by atoms with Gasteiger partial charge in [-0.05, 0) is 54.6 Å². The molecule has 0 bridgehead atoms. The molecule has 2 N–H and O–H groups in total. The van der Waals surface area contributed by atoms with Gasteiger partial charge in [-0.25, -0.2) is 4.90 Å². The SMILES string of the molecule is COc1ccc(NC(=O)COc2ccccc2[C@H]2c3sc(=O)[nH]c3SC3C(=O)N(c4ccc(OC)cc4)C(=O)C32)cc1. The van der Waals surface area contributed by atoms with Crippen LogP contribution in [0.4, 0.5) is 11.4 Å². The van der Waals surface area contributed by atoms with Gasteiger partial charge in [-0.2, -0.15) is 0 Å². The quantitative estimate of drug-likeness (QED) is 0.286. The van der Waals surface area contributed by atoms with E-state index in [-0.39, 0.29) is 29.2 Å². The van der Waals surface area contributed by atoms with E-state index in [9.17, 15) is 19.2 Å². The number of amides is 3. The largest absolute Gasteiger partial charge is 0.497 e. The van der Waals surface area contributed by atoms with Crippen molar-refractivity contribution in [3.8, 4) is 17.2 Å². The van der Waals surface area contributed by atoms with Gasteiger partial charge in [0.15, 0.2) is 6.61 Å². The van der Waals surface area contributed by atoms with Crippen molar-refractivity contribution in [2.75, 3.05) is 31.0 Å². The molecule has 2 aliphatic rings. The number of nitrogens with zero attached hydrogens (tertiary/aromatic N) is 1. The number of ether oxygens (including phenoxy) is 3. The molecule has 0 aliphatic carbocycles. The molecule has 4 aromatic rings. The van der Waals surface area contributed by atoms with Crippen molar-refractivity contribution in [3.05, 3.63) is 92.9 Å². The summed E-state index contributed by atoms with van der Waals surface area (Å²) in [5, 5.41) is 2.58. The van der Waals surface area contributed by atoms with Crippen molar-refractivity contribution in [1.82, 2.24) is 4.98 Å². The molecule has 2 unspecified atom stereocenters. The number of anilines is 2. The molecule has 12 heteroatoms. The van der Waals surface area contributed by atoms with Gasteiger partial charge in [0, 0.05) is 22.0 Å². The molecule has 3 atom stereocenters. The normalized spacial score (nSPS) is 19.2. The summed E-state index contributed by atoms with van der Waals surface area (Å²) in [6, 6.07) is 20.7. The van der Waals surface area contributed by atoms with Crippen molar-refractivity contribution >= 4 is 52.2 Å². The number of hydrogen-bond acceptors (Lipinski definition) is 9. The Labute approximate surface area is 248 Å². The summed E-state index contributed by atoms with van der Waals surface area (Å²) in [7, 11) is 3.10. The lowest BCUT2D eigenvalue weighted by molar-refractivity contribution is -0.122. The van der Waals surface area contributed by atoms with Crippen LogP contribution in [0.25, 0.3) is 0 Å². The Balaban J connectivity index is 1.31. The zero-order chi connectivity index (χ0) is 29.4. The number of carbonyl (C=O) groups excluding carboxylic acids is 3. The second-order valence-corrected chi connectivity index (χ2v) is 11.7. The Kier molecular flexibility index (Phi) is 7.48. The summed E-state index contributed by atoms with van der Waals surface area (Å²) in [5.41, 5.74) is 1.63. The summed E-state index contributed by atoms with van der Waals surface area (Å²) < 4.78 is 16.4. The fourth-order valence-electron chi connectivity index (χ4n) is 5.22. The minimum absolute atomic E-state index is 0.276. The lowest BCUT2D eigenvalue weighted by Crippen LogP contribution is -2.32. The van der Waals surface area contributed by atoms with Gasteiger partial charge in [0.25, 0.3) is 5.91 Å². The number of methoxy groups -OCH3 is 2. The highest BCUT2D eigenvalue weighted by molar-refractivity contribution is 8.00. The average molecular weight is 604 g/mol. The summed E-state index contributed by atoms with van der Waals surface area (Å²) in [6.45, 7) is -0.292. The molecular formula is C30H25N3O7S2. The van der Waals surface area contributed by atoms with Crippen LogP contribution < -0.4 is 29.3 Å². The standard InChI is InChI=1S/C30H25N3O7S2/c1-38-18-11-7-16(8-12-18)31-22(34)15-40-21-6-4-3-5-20(21)23-24-26(41-27-25(23)42-30(37)32-27)29(36)33(28(24)35)17-9-13-19(39-2)14-10-17/h3-14,23-24,26H,15H2,1-2H3,(H,31,34)(H,32,37)/t23-,24?,26?/m1/s1. The first kappa shape index (κ1) is 27.6. The first-order valence-electron chi connectivity index (χ1n) is 12.9. The number of fused-ring (bicyclic) bond motifs is 2. The Morgan fingerprint density at radius 2 is 1.57 bits per heavy atom. The van der Waals surface area contributed by atoms with Crippen LogP contribution in [-0.4, -0.2) is 48.8 Å². The smallest absolute Gasteiger partial charge is 0.305 e. The molecule has 6 rings (SSSR count). The van der Waals surface area contributed by atoms with Crippen molar-refractivity contribution < 1.29 is 28.6 Å². The van der Waals surface area contributed by atoms with E-state index < -0.39 is 17.1 Å². The number of thioether (sulfide) groups is 1. The minimum Gasteiger partial charge on any atom is -0.497 e. The molecule has 1 aromatic heterocycles. The number of hydrogen-bond donors (Lipinski definition) is 2. The van der Waals surface area contributed by atoms with Crippen molar-refractivity contribution in [2.24, 2.45) is 5.92 Å². The first-order valence-corrected chi connectivity index (χ1v) is 14.6. The molecule has 3 aromatic carbocycles. The van der Waals surface area contributed by atoms with E-state index in [2.05, 4.69) is 10.3 Å². The third-order valence-electron chi connectivity index (χ3n) is 7.14. The summed E-state index contributed by atoms with van der Waals surface area (Å²) in [6.07, 6.45) is 0. The summed E-state index contributed by atoms with van der Waals surface area (Å²) in [4.78, 5) is 57.3. The zero-order valence-electron chi connectivity index (χ0n) is 22.5. The second kappa shape index (κ2) is 11.4. The maximum absolute atomic E-state index is 14.0. The van der Waals surface area contributed by atoms with Crippen molar-refractivity contribution in [2.45, 2.75) is 16.2 Å². The Hall–Kier alpha value is -4.55. The molecule has 42 heavy (non-hydrogen) atoms. The minimum atomic E-state index is -0.790. The fraction of sp³-hybridized carbons (Fsp3) is 0.200. The topological polar surface area (TPSA) is 127 Å². The fourth-order valence-corrected chi connectivity index (χ4v) is 7.73. The lowest BCUT2D eigenvalue weighted by atomic mass is 9.82. The van der Waals surface area contributed by atoms with E-state index in [0.29, 0.717) is 44.1 Å². The number of H-pyrrole nitrogens is 1.